The Balaban J connectivity index is -0.000000131. The molecule has 0 aromatic rings. The van der Waals surface area contributed by atoms with Crippen molar-refractivity contribution in [3.63, 3.8) is 0 Å². The number of nitrogens with zero attached hydrogens (tertiary/aromatic N) is 4. The Bertz CT molecular complexity index is 1360. The number of amides is 4. The minimum atomic E-state index is -0.483. The number of piperidine rings is 3. The molecule has 0 spiro atoms. The quantitative estimate of drug-likeness (QED) is 0.137. The van der Waals surface area contributed by atoms with Gasteiger partial charge in [0.25, 0.3) is 0 Å². The van der Waals surface area contributed by atoms with Crippen molar-refractivity contribution in [3.05, 3.63) is 0 Å². The molecule has 2 N–H and O–H groups in total. The molecule has 3 heterocycles. The second kappa shape index (κ2) is 31.9. The van der Waals surface area contributed by atoms with E-state index >= 15 is 0 Å². The molecule has 4 amide bonds. The van der Waals surface area contributed by atoms with Crippen LogP contribution in [0.1, 0.15) is 145 Å². The van der Waals surface area contributed by atoms with Crippen molar-refractivity contribution in [2.75, 3.05) is 65.4 Å². The molecule has 1 unspecified atom stereocenters. The SMILES string of the molecule is C.CC(C)(C)OC(=O)N1CCC(=O)C(C)(C)C1.CC(C)(C)OC(=O)N1CCC(=O)CC1.CC(C)(C)OC(=O)N1CCC(O)C(C)(C)C1.CI.CN(C)C(=O)OC(C)(C)C.CO.[B].[H-].[Na+]. The Kier molecular flexibility index (Phi) is 36.9. The van der Waals surface area contributed by atoms with Crippen molar-refractivity contribution in [3.8, 4) is 0 Å². The molecule has 0 aromatic heterocycles. The Morgan fingerprint density at radius 2 is 0.952 bits per heavy atom. The fraction of sp³-hybridized carbons (Fsp3) is 0.864. The molecule has 3 fully saturated rings. The third-order valence-corrected chi connectivity index (χ3v) is 8.16. The van der Waals surface area contributed by atoms with E-state index < -0.39 is 22.2 Å². The monoisotopic (exact) mass is 1030 g/mol. The zero-order valence-corrected chi connectivity index (χ0v) is 46.5. The molecule has 0 saturated carbocycles. The zero-order chi connectivity index (χ0) is 48.3. The Hall–Kier alpha value is -1.87. The van der Waals surface area contributed by atoms with E-state index in [1.807, 2.05) is 116 Å². The number of Topliss-reactive ketones (excluding diaryl/α,β-unsaturated/α-hetero) is 2. The molecular formula is C44H88BIN4NaO12. The third-order valence-electron chi connectivity index (χ3n) is 8.16. The second-order valence-electron chi connectivity index (χ2n) is 20.0. The van der Waals surface area contributed by atoms with Crippen LogP contribution in [0, 0.1) is 10.8 Å². The Morgan fingerprint density at radius 3 is 1.24 bits per heavy atom. The average molecular weight is 1030 g/mol. The summed E-state index contributed by atoms with van der Waals surface area (Å²) in [7, 11) is 4.32. The van der Waals surface area contributed by atoms with E-state index in [4.69, 9.17) is 24.1 Å². The topological polar surface area (TPSA) is 193 Å². The predicted molar refractivity (Wildman–Crippen MR) is 257 cm³/mol. The summed E-state index contributed by atoms with van der Waals surface area (Å²) in [5.41, 5.74) is -2.50. The molecule has 3 aliphatic heterocycles. The number of aliphatic hydroxyl groups is 2. The van der Waals surface area contributed by atoms with Gasteiger partial charge in [0.05, 0.1) is 6.10 Å². The summed E-state index contributed by atoms with van der Waals surface area (Å²) >= 11 is 2.15. The minimum Gasteiger partial charge on any atom is -1.00 e. The van der Waals surface area contributed by atoms with Gasteiger partial charge in [0, 0.05) is 99.0 Å². The second-order valence-corrected chi connectivity index (χ2v) is 20.0. The number of halogens is 1. The van der Waals surface area contributed by atoms with E-state index in [-0.39, 0.29) is 99.9 Å². The first-order valence-electron chi connectivity index (χ1n) is 20.3. The summed E-state index contributed by atoms with van der Waals surface area (Å²) in [6.45, 7) is 32.8. The van der Waals surface area contributed by atoms with Crippen LogP contribution in [0.2, 0.25) is 0 Å². The van der Waals surface area contributed by atoms with E-state index in [0.29, 0.717) is 65.0 Å². The molecule has 16 nitrogen and oxygen atoms in total. The van der Waals surface area contributed by atoms with Crippen molar-refractivity contribution in [2.24, 2.45) is 10.8 Å². The van der Waals surface area contributed by atoms with Gasteiger partial charge >= 0.3 is 53.9 Å². The number of alkyl halides is 1. The first-order valence-corrected chi connectivity index (χ1v) is 22.5. The van der Waals surface area contributed by atoms with Gasteiger partial charge in [0.1, 0.15) is 34.0 Å². The van der Waals surface area contributed by atoms with E-state index in [9.17, 15) is 33.9 Å². The smallest absolute Gasteiger partial charge is 1.00 e. The number of likely N-dealkylation sites (tertiary alicyclic amines) is 3. The number of aliphatic hydroxyl groups excluding tert-OH is 2. The maximum absolute atomic E-state index is 11.8. The van der Waals surface area contributed by atoms with Crippen LogP contribution in [0.5, 0.6) is 0 Å². The first kappa shape index (κ1) is 72.7. The van der Waals surface area contributed by atoms with Crippen LogP contribution < -0.4 is 29.6 Å². The fourth-order valence-electron chi connectivity index (χ4n) is 5.15. The van der Waals surface area contributed by atoms with Crippen molar-refractivity contribution >= 4 is 66.9 Å². The van der Waals surface area contributed by atoms with Gasteiger partial charge in [-0.3, -0.25) is 9.59 Å². The van der Waals surface area contributed by atoms with Gasteiger partial charge in [0.2, 0.25) is 0 Å². The van der Waals surface area contributed by atoms with Crippen LogP contribution >= 0.6 is 22.6 Å². The molecule has 3 radical (unpaired) electrons. The number of carbonyl (C=O) groups is 6. The van der Waals surface area contributed by atoms with Gasteiger partial charge in [-0.05, 0) is 94.4 Å². The van der Waals surface area contributed by atoms with Crippen LogP contribution in [-0.2, 0) is 28.5 Å². The maximum atomic E-state index is 11.8. The van der Waals surface area contributed by atoms with Crippen LogP contribution in [0.25, 0.3) is 0 Å². The molecule has 367 valence electrons. The van der Waals surface area contributed by atoms with Crippen LogP contribution in [0.4, 0.5) is 19.2 Å². The van der Waals surface area contributed by atoms with Gasteiger partial charge in [-0.15, -0.1) is 0 Å². The first-order chi connectivity index (χ1) is 26.9. The van der Waals surface area contributed by atoms with E-state index in [0.717, 1.165) is 7.11 Å². The molecule has 63 heavy (non-hydrogen) atoms. The molecule has 3 saturated heterocycles. The fourth-order valence-corrected chi connectivity index (χ4v) is 5.15. The molecule has 3 rings (SSSR count). The van der Waals surface area contributed by atoms with Crippen molar-refractivity contribution in [2.45, 2.75) is 172 Å². The number of hydrogen-bond donors (Lipinski definition) is 2. The molecule has 0 aromatic carbocycles. The predicted octanol–water partition coefficient (Wildman–Crippen LogP) is 5.34. The van der Waals surface area contributed by atoms with Crippen LogP contribution in [-0.4, -0.2) is 168 Å². The summed E-state index contributed by atoms with van der Waals surface area (Å²) in [6, 6.07) is 0. The van der Waals surface area contributed by atoms with E-state index in [1.54, 1.807) is 28.8 Å². The van der Waals surface area contributed by atoms with Gasteiger partial charge in [-0.2, -0.15) is 0 Å². The Labute approximate surface area is 421 Å². The largest absolute Gasteiger partial charge is 1.00 e. The van der Waals surface area contributed by atoms with Crippen LogP contribution in [0.15, 0.2) is 0 Å². The number of ether oxygens (including phenoxy) is 4. The number of ketones is 2. The van der Waals surface area contributed by atoms with Crippen molar-refractivity contribution in [1.29, 1.82) is 0 Å². The molecule has 0 aliphatic carbocycles. The molecule has 1 atom stereocenters. The number of hydrogen-bond acceptors (Lipinski definition) is 12. The summed E-state index contributed by atoms with van der Waals surface area (Å²) in [5, 5.41) is 16.8. The maximum Gasteiger partial charge on any atom is 1.00 e. The third kappa shape index (κ3) is 35.1. The average Bonchev–Trinajstić information content (AvgIpc) is 3.07. The molecular weight excluding hydrogens is 937 g/mol. The van der Waals surface area contributed by atoms with E-state index in [1.165, 1.54) is 4.90 Å². The minimum absolute atomic E-state index is 0. The number of rotatable bonds is 0. The zero-order valence-electron chi connectivity index (χ0n) is 43.4. The van der Waals surface area contributed by atoms with Gasteiger partial charge in [0.15, 0.2) is 0 Å². The summed E-state index contributed by atoms with van der Waals surface area (Å²) in [6.07, 6.45) is 0.390. The van der Waals surface area contributed by atoms with Gasteiger partial charge in [-0.25, -0.2) is 19.2 Å². The standard InChI is InChI=1S/C12H23NO3.C12H21NO3.C10H17NO3.C7H15NO2.CH3I.CH4O.CH4.B.Na.H/c2*1-11(2,3)16-10(15)13-7-6-9(14)12(4,5)8-13;1-10(2,3)14-9(13)11-6-4-8(12)5-7-11;1-7(2,3)10-6(9)8(4)5;2*1-2;;;;/h9,14H,6-8H2,1-5H3;6-8H2,1-5H3;4-7H2,1-3H3;1-5H3;1H3;2H,1H3;1H4;;;/q;;;;;;;;+1;-1. The van der Waals surface area contributed by atoms with Gasteiger partial charge in [-0.1, -0.05) is 57.7 Å². The van der Waals surface area contributed by atoms with Crippen molar-refractivity contribution in [1.82, 2.24) is 19.6 Å². The summed E-state index contributed by atoms with van der Waals surface area (Å²) < 4.78 is 20.8. The molecule has 0 bridgehead atoms. The number of carbonyl (C=O) groups excluding carboxylic acids is 6. The normalized spacial score (nSPS) is 17.7. The van der Waals surface area contributed by atoms with E-state index in [2.05, 4.69) is 22.6 Å². The van der Waals surface area contributed by atoms with Crippen molar-refractivity contribution < 1.29 is 88.9 Å². The summed E-state index contributed by atoms with van der Waals surface area (Å²) in [5.74, 6) is 0.442. The van der Waals surface area contributed by atoms with Gasteiger partial charge < -0.3 is 50.2 Å². The molecule has 3 aliphatic rings. The Morgan fingerprint density at radius 1 is 0.635 bits per heavy atom. The summed E-state index contributed by atoms with van der Waals surface area (Å²) in [4.78, 5) is 76.8. The van der Waals surface area contributed by atoms with Crippen LogP contribution in [0.3, 0.4) is 0 Å². The molecule has 19 heteroatoms.